The van der Waals surface area contributed by atoms with Gasteiger partial charge in [-0.1, -0.05) is 0 Å². The molecule has 1 fully saturated rings. The van der Waals surface area contributed by atoms with Crippen LogP contribution in [-0.2, 0) is 4.79 Å². The summed E-state index contributed by atoms with van der Waals surface area (Å²) in [4.78, 5) is 13.5. The summed E-state index contributed by atoms with van der Waals surface area (Å²) in [5.74, 6) is 1.11. The minimum atomic E-state index is -0.657. The number of methoxy groups -OCH3 is 1. The van der Waals surface area contributed by atoms with Gasteiger partial charge in [0.2, 0.25) is 0 Å². The first-order chi connectivity index (χ1) is 9.02. The van der Waals surface area contributed by atoms with Crippen LogP contribution in [0.25, 0.3) is 0 Å². The van der Waals surface area contributed by atoms with Crippen LogP contribution < -0.4 is 9.47 Å². The molecular weight excluding hydrogens is 246 g/mol. The number of hydrogen-bond donors (Lipinski definition) is 1. The van der Waals surface area contributed by atoms with E-state index < -0.39 is 12.2 Å². The Labute approximate surface area is 112 Å². The van der Waals surface area contributed by atoms with Crippen molar-refractivity contribution in [3.05, 3.63) is 23.8 Å². The average Bonchev–Trinajstić information content (AvgIpc) is 2.70. The fourth-order valence-corrected chi connectivity index (χ4v) is 2.14. The third-order valence-electron chi connectivity index (χ3n) is 3.32. The van der Waals surface area contributed by atoms with E-state index in [-0.39, 0.29) is 5.91 Å². The Hall–Kier alpha value is -1.75. The highest BCUT2D eigenvalue weighted by molar-refractivity contribution is 5.83. The van der Waals surface area contributed by atoms with Crippen LogP contribution in [0.15, 0.2) is 18.2 Å². The Morgan fingerprint density at radius 3 is 2.74 bits per heavy atom. The fourth-order valence-electron chi connectivity index (χ4n) is 2.14. The van der Waals surface area contributed by atoms with E-state index in [0.29, 0.717) is 30.0 Å². The van der Waals surface area contributed by atoms with Crippen molar-refractivity contribution < 1.29 is 19.4 Å². The van der Waals surface area contributed by atoms with Crippen molar-refractivity contribution in [2.24, 2.45) is 0 Å². The van der Waals surface area contributed by atoms with E-state index >= 15 is 0 Å². The van der Waals surface area contributed by atoms with Gasteiger partial charge in [0.25, 0.3) is 5.91 Å². The van der Waals surface area contributed by atoms with Gasteiger partial charge in [0.1, 0.15) is 11.5 Å². The number of nitrogens with zero attached hydrogens (tertiary/aromatic N) is 1. The van der Waals surface area contributed by atoms with Gasteiger partial charge in [-0.15, -0.1) is 0 Å². The van der Waals surface area contributed by atoms with E-state index in [1.165, 1.54) is 0 Å². The third kappa shape index (κ3) is 2.81. The summed E-state index contributed by atoms with van der Waals surface area (Å²) >= 11 is 0. The first-order valence-electron chi connectivity index (χ1n) is 6.30. The average molecular weight is 265 g/mol. The number of carbonyl (C=O) groups excluding carboxylic acids is 1. The minimum absolute atomic E-state index is 0.0284. The number of rotatable bonds is 4. The first-order valence-corrected chi connectivity index (χ1v) is 6.30. The maximum Gasteiger partial charge on any atom is 0.263 e. The molecule has 1 N–H and O–H groups in total. The van der Waals surface area contributed by atoms with Crippen LogP contribution in [-0.4, -0.2) is 42.7 Å². The Kier molecular flexibility index (Phi) is 3.95. The molecule has 5 nitrogen and oxygen atoms in total. The molecule has 1 amide bonds. The molecule has 2 unspecified atom stereocenters. The molecule has 1 heterocycles. The summed E-state index contributed by atoms with van der Waals surface area (Å²) in [7, 11) is 3.32. The van der Waals surface area contributed by atoms with Gasteiger partial charge in [0, 0.05) is 31.6 Å². The zero-order valence-electron chi connectivity index (χ0n) is 11.4. The largest absolute Gasteiger partial charge is 0.497 e. The minimum Gasteiger partial charge on any atom is -0.497 e. The summed E-state index contributed by atoms with van der Waals surface area (Å²) < 4.78 is 10.9. The van der Waals surface area contributed by atoms with Crippen LogP contribution in [0.2, 0.25) is 0 Å². The Bertz CT molecular complexity index is 473. The topological polar surface area (TPSA) is 59.0 Å². The van der Waals surface area contributed by atoms with Crippen molar-refractivity contribution in [3.8, 4) is 11.5 Å². The molecule has 2 atom stereocenters. The quantitative estimate of drug-likeness (QED) is 0.893. The zero-order chi connectivity index (χ0) is 14.0. The van der Waals surface area contributed by atoms with Crippen molar-refractivity contribution in [1.82, 2.24) is 4.90 Å². The SMILES string of the molecule is COc1ccc(C(C)O)c(OC2CCN(C)C2=O)c1. The third-order valence-corrected chi connectivity index (χ3v) is 3.32. The Balaban J connectivity index is 2.25. The van der Waals surface area contributed by atoms with Crippen LogP contribution in [0.3, 0.4) is 0 Å². The molecule has 1 aromatic rings. The molecule has 1 aromatic carbocycles. The van der Waals surface area contributed by atoms with Gasteiger partial charge in [-0.3, -0.25) is 4.79 Å². The maximum atomic E-state index is 11.9. The summed E-state index contributed by atoms with van der Waals surface area (Å²) in [6.45, 7) is 2.36. The Morgan fingerprint density at radius 1 is 1.47 bits per heavy atom. The Morgan fingerprint density at radius 2 is 2.21 bits per heavy atom. The smallest absolute Gasteiger partial charge is 0.263 e. The van der Waals surface area contributed by atoms with E-state index in [4.69, 9.17) is 9.47 Å². The number of aliphatic hydroxyl groups is 1. The van der Waals surface area contributed by atoms with Crippen LogP contribution in [0.4, 0.5) is 0 Å². The molecule has 0 saturated carbocycles. The molecule has 2 rings (SSSR count). The van der Waals surface area contributed by atoms with Crippen LogP contribution in [0, 0.1) is 0 Å². The lowest BCUT2D eigenvalue weighted by atomic mass is 10.1. The maximum absolute atomic E-state index is 11.9. The molecule has 19 heavy (non-hydrogen) atoms. The second-order valence-electron chi connectivity index (χ2n) is 4.73. The molecule has 1 aliphatic heterocycles. The predicted octanol–water partition coefficient (Wildman–Crippen LogP) is 1.36. The molecule has 1 saturated heterocycles. The van der Waals surface area contributed by atoms with Crippen molar-refractivity contribution >= 4 is 5.91 Å². The van der Waals surface area contributed by atoms with Crippen molar-refractivity contribution in [2.45, 2.75) is 25.6 Å². The van der Waals surface area contributed by atoms with E-state index in [1.54, 1.807) is 44.2 Å². The highest BCUT2D eigenvalue weighted by Crippen LogP contribution is 2.31. The van der Waals surface area contributed by atoms with Gasteiger partial charge in [-0.2, -0.15) is 0 Å². The molecule has 0 radical (unpaired) electrons. The van der Waals surface area contributed by atoms with Crippen molar-refractivity contribution in [2.75, 3.05) is 20.7 Å². The molecule has 0 spiro atoms. The highest BCUT2D eigenvalue weighted by atomic mass is 16.5. The standard InChI is InChI=1S/C14H19NO4/c1-9(16)11-5-4-10(18-3)8-13(11)19-12-6-7-15(2)14(12)17/h4-5,8-9,12,16H,6-7H2,1-3H3. The summed E-state index contributed by atoms with van der Waals surface area (Å²) in [6, 6.07) is 5.22. The van der Waals surface area contributed by atoms with Gasteiger partial charge in [0.05, 0.1) is 13.2 Å². The normalized spacial score (nSPS) is 20.5. The molecule has 1 aliphatic rings. The lowest BCUT2D eigenvalue weighted by Gasteiger charge is -2.18. The zero-order valence-corrected chi connectivity index (χ0v) is 11.4. The van der Waals surface area contributed by atoms with Gasteiger partial charge in [-0.05, 0) is 19.1 Å². The number of benzene rings is 1. The number of likely N-dealkylation sites (N-methyl/N-ethyl adjacent to an activating group) is 1. The summed E-state index contributed by atoms with van der Waals surface area (Å²) in [6.07, 6.45) is -0.476. The van der Waals surface area contributed by atoms with Gasteiger partial charge >= 0.3 is 0 Å². The van der Waals surface area contributed by atoms with Crippen LogP contribution in [0.1, 0.15) is 25.0 Å². The van der Waals surface area contributed by atoms with Gasteiger partial charge in [-0.25, -0.2) is 0 Å². The van der Waals surface area contributed by atoms with E-state index in [2.05, 4.69) is 0 Å². The van der Waals surface area contributed by atoms with Crippen LogP contribution >= 0.6 is 0 Å². The van der Waals surface area contributed by atoms with Gasteiger partial charge < -0.3 is 19.5 Å². The second-order valence-corrected chi connectivity index (χ2v) is 4.73. The summed E-state index contributed by atoms with van der Waals surface area (Å²) in [5.41, 5.74) is 0.656. The van der Waals surface area contributed by atoms with Crippen molar-refractivity contribution in [1.29, 1.82) is 0 Å². The molecule has 5 heteroatoms. The number of hydrogen-bond acceptors (Lipinski definition) is 4. The van der Waals surface area contributed by atoms with Crippen LogP contribution in [0.5, 0.6) is 11.5 Å². The van der Waals surface area contributed by atoms with E-state index in [9.17, 15) is 9.90 Å². The number of aliphatic hydroxyl groups excluding tert-OH is 1. The number of amides is 1. The van der Waals surface area contributed by atoms with Gasteiger partial charge in [0.15, 0.2) is 6.10 Å². The lowest BCUT2D eigenvalue weighted by Crippen LogP contribution is -2.29. The van der Waals surface area contributed by atoms with E-state index in [0.717, 1.165) is 0 Å². The molecule has 104 valence electrons. The summed E-state index contributed by atoms with van der Waals surface area (Å²) in [5, 5.41) is 9.74. The molecule has 0 aromatic heterocycles. The second kappa shape index (κ2) is 5.48. The monoisotopic (exact) mass is 265 g/mol. The first kappa shape index (κ1) is 13.7. The molecular formula is C14H19NO4. The number of carbonyl (C=O) groups is 1. The number of likely N-dealkylation sites (tertiary alicyclic amines) is 1. The number of ether oxygens (including phenoxy) is 2. The highest BCUT2D eigenvalue weighted by Gasteiger charge is 2.31. The van der Waals surface area contributed by atoms with Crippen molar-refractivity contribution in [3.63, 3.8) is 0 Å². The molecule has 0 aliphatic carbocycles. The molecule has 0 bridgehead atoms. The lowest BCUT2D eigenvalue weighted by molar-refractivity contribution is -0.132. The fraction of sp³-hybridized carbons (Fsp3) is 0.500. The van der Waals surface area contributed by atoms with E-state index in [1.807, 2.05) is 0 Å². The predicted molar refractivity (Wildman–Crippen MR) is 70.3 cm³/mol.